The first-order chi connectivity index (χ1) is 10.1. The Kier molecular flexibility index (Phi) is 5.09. The zero-order valence-corrected chi connectivity index (χ0v) is 11.8. The second-order valence-electron chi connectivity index (χ2n) is 5.75. The van der Waals surface area contributed by atoms with Crippen LogP contribution in [0.3, 0.4) is 0 Å². The zero-order chi connectivity index (χ0) is 16.8. The van der Waals surface area contributed by atoms with Crippen molar-refractivity contribution in [2.75, 3.05) is 6.61 Å². The van der Waals surface area contributed by atoms with Gasteiger partial charge in [-0.1, -0.05) is 0 Å². The van der Waals surface area contributed by atoms with E-state index >= 15 is 0 Å². The van der Waals surface area contributed by atoms with Gasteiger partial charge in [-0.15, -0.1) is 0 Å². The van der Waals surface area contributed by atoms with Crippen LogP contribution in [-0.4, -0.2) is 108 Å². The van der Waals surface area contributed by atoms with Crippen molar-refractivity contribution in [1.82, 2.24) is 0 Å². The van der Waals surface area contributed by atoms with Crippen molar-refractivity contribution in [3.05, 3.63) is 0 Å². The maximum Gasteiger partial charge on any atom is 0.224 e. The van der Waals surface area contributed by atoms with Gasteiger partial charge >= 0.3 is 0 Å². The Morgan fingerprint density at radius 1 is 0.864 bits per heavy atom. The summed E-state index contributed by atoms with van der Waals surface area (Å²) in [5, 5.41) is 78.4. The monoisotopic (exact) mass is 326 g/mol. The topological polar surface area (TPSA) is 180 Å². The predicted octanol–water partition coefficient (Wildman–Crippen LogP) is -4.98. The van der Waals surface area contributed by atoms with Gasteiger partial charge in [-0.3, -0.25) is 0 Å². The summed E-state index contributed by atoms with van der Waals surface area (Å²) in [5.41, 5.74) is 0. The van der Waals surface area contributed by atoms with Crippen LogP contribution in [0.1, 0.15) is 6.92 Å². The summed E-state index contributed by atoms with van der Waals surface area (Å²) >= 11 is 0. The van der Waals surface area contributed by atoms with Gasteiger partial charge in [0.25, 0.3) is 0 Å². The van der Waals surface area contributed by atoms with E-state index in [1.165, 1.54) is 6.92 Å². The van der Waals surface area contributed by atoms with Crippen molar-refractivity contribution in [3.8, 4) is 0 Å². The molecule has 130 valence electrons. The average Bonchev–Trinajstić information content (AvgIpc) is 2.49. The van der Waals surface area contributed by atoms with E-state index in [9.17, 15) is 35.7 Å². The number of hydrogen-bond donors (Lipinski definition) is 8. The Bertz CT molecular complexity index is 392. The maximum atomic E-state index is 10.5. The van der Waals surface area contributed by atoms with E-state index in [-0.39, 0.29) is 0 Å². The molecule has 2 saturated heterocycles. The molecule has 0 aliphatic carbocycles. The molecule has 8 N–H and O–H groups in total. The number of hydrogen-bond acceptors (Lipinski definition) is 10. The Morgan fingerprint density at radius 2 is 1.45 bits per heavy atom. The zero-order valence-electron chi connectivity index (χ0n) is 11.8. The minimum absolute atomic E-state index is 0.728. The first kappa shape index (κ1) is 17.9. The smallest absolute Gasteiger partial charge is 0.224 e. The fraction of sp³-hybridized carbons (Fsp3) is 1.00. The Labute approximate surface area is 125 Å². The molecule has 0 spiro atoms. The number of aliphatic hydroxyl groups excluding tert-OH is 7. The highest BCUT2D eigenvalue weighted by Gasteiger charge is 2.61. The van der Waals surface area contributed by atoms with E-state index in [4.69, 9.17) is 14.6 Å². The van der Waals surface area contributed by atoms with Crippen LogP contribution in [0.25, 0.3) is 0 Å². The lowest BCUT2D eigenvalue weighted by molar-refractivity contribution is -0.402. The largest absolute Gasteiger partial charge is 0.394 e. The normalized spacial score (nSPS) is 56.9. The molecule has 2 rings (SSSR count). The second-order valence-corrected chi connectivity index (χ2v) is 5.75. The molecule has 0 aromatic rings. The summed E-state index contributed by atoms with van der Waals surface area (Å²) in [7, 11) is 0. The van der Waals surface area contributed by atoms with Crippen LogP contribution in [0.15, 0.2) is 0 Å². The first-order valence-electron chi connectivity index (χ1n) is 6.90. The van der Waals surface area contributed by atoms with Crippen LogP contribution in [0, 0.1) is 0 Å². The Morgan fingerprint density at radius 3 is 2.00 bits per heavy atom. The fourth-order valence-corrected chi connectivity index (χ4v) is 2.83. The van der Waals surface area contributed by atoms with Gasteiger partial charge in [0.1, 0.15) is 48.8 Å². The maximum absolute atomic E-state index is 10.5. The second kappa shape index (κ2) is 6.24. The number of ether oxygens (including phenoxy) is 2. The van der Waals surface area contributed by atoms with Crippen LogP contribution < -0.4 is 0 Å². The first-order valence-corrected chi connectivity index (χ1v) is 6.90. The molecule has 10 heteroatoms. The van der Waals surface area contributed by atoms with Crippen LogP contribution in [-0.2, 0) is 9.47 Å². The lowest BCUT2D eigenvalue weighted by atomic mass is 9.83. The van der Waals surface area contributed by atoms with E-state index in [1.54, 1.807) is 0 Å². The molecule has 0 bridgehead atoms. The third-order valence-electron chi connectivity index (χ3n) is 4.25. The van der Waals surface area contributed by atoms with Crippen molar-refractivity contribution in [2.45, 2.75) is 67.6 Å². The van der Waals surface area contributed by atoms with Gasteiger partial charge in [-0.25, -0.2) is 0 Å². The van der Waals surface area contributed by atoms with Gasteiger partial charge in [0, 0.05) is 0 Å². The highest BCUT2D eigenvalue weighted by atomic mass is 16.7. The molecule has 22 heavy (non-hydrogen) atoms. The molecule has 10 atom stereocenters. The Balaban J connectivity index is 2.31. The van der Waals surface area contributed by atoms with E-state index < -0.39 is 67.3 Å². The summed E-state index contributed by atoms with van der Waals surface area (Å²) in [6.07, 6.45) is -14.8. The Hall–Kier alpha value is -0.400. The van der Waals surface area contributed by atoms with Crippen LogP contribution in [0.2, 0.25) is 0 Å². The van der Waals surface area contributed by atoms with Gasteiger partial charge in [0.05, 0.1) is 12.7 Å². The van der Waals surface area contributed by atoms with Gasteiger partial charge in [-0.2, -0.15) is 0 Å². The van der Waals surface area contributed by atoms with E-state index in [0.29, 0.717) is 0 Å². The minimum Gasteiger partial charge on any atom is -0.394 e. The molecule has 2 aliphatic heterocycles. The molecule has 1 unspecified atom stereocenters. The summed E-state index contributed by atoms with van der Waals surface area (Å²) in [6, 6.07) is 0. The summed E-state index contributed by atoms with van der Waals surface area (Å²) in [5.74, 6) is -2.66. The van der Waals surface area contributed by atoms with Crippen molar-refractivity contribution in [1.29, 1.82) is 0 Å². The predicted molar refractivity (Wildman–Crippen MR) is 67.3 cm³/mol. The molecular weight excluding hydrogens is 304 g/mol. The molecule has 2 fully saturated rings. The van der Waals surface area contributed by atoms with E-state index in [1.807, 2.05) is 0 Å². The third kappa shape index (κ3) is 2.65. The number of aliphatic hydroxyl groups is 8. The van der Waals surface area contributed by atoms with Gasteiger partial charge < -0.3 is 50.3 Å². The van der Waals surface area contributed by atoms with Crippen molar-refractivity contribution in [3.63, 3.8) is 0 Å². The molecule has 0 saturated carbocycles. The van der Waals surface area contributed by atoms with Crippen molar-refractivity contribution < 1.29 is 50.3 Å². The SMILES string of the molecule is C[C@@H]1O[C@](O)(C2O[C@H](CO)[C@@H](O)[C@H](O)[C@H]2O)[C@H](O)[C@H](O)[C@H]1O. The fourth-order valence-electron chi connectivity index (χ4n) is 2.83. The highest BCUT2D eigenvalue weighted by Crippen LogP contribution is 2.37. The standard InChI is InChI=1S/C12H22O10/c1-3-5(14)8(17)10(19)12(20,22-3)11-9(18)7(16)6(15)4(2-13)21-11/h3-11,13-20H,2H2,1H3/t3-,4+,5-,6+,7-,8+,9+,10+,11?,12-/m0/s1. The van der Waals surface area contributed by atoms with Gasteiger partial charge in [-0.05, 0) is 6.92 Å². The molecule has 0 aromatic heterocycles. The molecule has 2 heterocycles. The quantitative estimate of drug-likeness (QED) is 0.245. The van der Waals surface area contributed by atoms with E-state index in [0.717, 1.165) is 0 Å². The molecule has 0 amide bonds. The molecule has 0 radical (unpaired) electrons. The summed E-state index contributed by atoms with van der Waals surface area (Å²) in [4.78, 5) is 0. The van der Waals surface area contributed by atoms with Gasteiger partial charge in [0.15, 0.2) is 0 Å². The van der Waals surface area contributed by atoms with Crippen molar-refractivity contribution in [2.24, 2.45) is 0 Å². The van der Waals surface area contributed by atoms with Crippen molar-refractivity contribution >= 4 is 0 Å². The molecule has 2 aliphatic rings. The van der Waals surface area contributed by atoms with Crippen LogP contribution in [0.4, 0.5) is 0 Å². The number of rotatable bonds is 2. The molecule has 10 nitrogen and oxygen atoms in total. The summed E-state index contributed by atoms with van der Waals surface area (Å²) in [6.45, 7) is 0.586. The average molecular weight is 326 g/mol. The third-order valence-corrected chi connectivity index (χ3v) is 4.25. The lowest BCUT2D eigenvalue weighted by Crippen LogP contribution is -2.74. The lowest BCUT2D eigenvalue weighted by Gasteiger charge is -2.52. The van der Waals surface area contributed by atoms with E-state index in [2.05, 4.69) is 0 Å². The molecular formula is C12H22O10. The van der Waals surface area contributed by atoms with Crippen LogP contribution in [0.5, 0.6) is 0 Å². The van der Waals surface area contributed by atoms with Gasteiger partial charge in [0.2, 0.25) is 5.79 Å². The summed E-state index contributed by atoms with van der Waals surface area (Å²) < 4.78 is 10.2. The van der Waals surface area contributed by atoms with Crippen LogP contribution >= 0.6 is 0 Å². The molecule has 0 aromatic carbocycles. The minimum atomic E-state index is -2.66. The highest BCUT2D eigenvalue weighted by molar-refractivity contribution is 5.05.